The van der Waals surface area contributed by atoms with E-state index in [9.17, 15) is 17.2 Å². The fourth-order valence-electron chi connectivity index (χ4n) is 4.40. The van der Waals surface area contributed by atoms with Gasteiger partial charge in [-0.1, -0.05) is 42.5 Å². The molecule has 1 saturated heterocycles. The van der Waals surface area contributed by atoms with E-state index in [1.54, 1.807) is 48.5 Å². The van der Waals surface area contributed by atoms with Gasteiger partial charge in [-0.25, -0.2) is 12.7 Å². The maximum Gasteiger partial charge on any atom is 0.346 e. The highest BCUT2D eigenvalue weighted by Gasteiger charge is 2.49. The molecule has 1 fully saturated rings. The summed E-state index contributed by atoms with van der Waals surface area (Å²) in [5, 5.41) is 0. The van der Waals surface area contributed by atoms with Crippen LogP contribution in [0.25, 0.3) is 0 Å². The fourth-order valence-corrected chi connectivity index (χ4v) is 5.98. The Balaban J connectivity index is 1.96. The first kappa shape index (κ1) is 24.6. The van der Waals surface area contributed by atoms with Gasteiger partial charge in [0.2, 0.25) is 10.0 Å². The van der Waals surface area contributed by atoms with Crippen LogP contribution in [0.3, 0.4) is 0 Å². The van der Waals surface area contributed by atoms with Crippen LogP contribution in [0, 0.1) is 5.92 Å². The van der Waals surface area contributed by atoms with Gasteiger partial charge >= 0.3 is 6.61 Å². The molecule has 0 bridgehead atoms. The molecule has 176 valence electrons. The second-order valence-electron chi connectivity index (χ2n) is 8.31. The molecule has 32 heavy (non-hydrogen) atoms. The van der Waals surface area contributed by atoms with Gasteiger partial charge in [0.25, 0.3) is 0 Å². The maximum absolute atomic E-state index is 13.7. The topological polar surface area (TPSA) is 59.1 Å². The Hall–Kier alpha value is -2.07. The quantitative estimate of drug-likeness (QED) is 0.564. The van der Waals surface area contributed by atoms with Crippen LogP contribution in [-0.4, -0.2) is 65.1 Å². The molecule has 2 aromatic carbocycles. The van der Waals surface area contributed by atoms with E-state index in [1.165, 1.54) is 11.4 Å². The Morgan fingerprint density at radius 1 is 1.16 bits per heavy atom. The Morgan fingerprint density at radius 3 is 2.50 bits per heavy atom. The smallest absolute Gasteiger partial charge is 0.346 e. The zero-order valence-electron chi connectivity index (χ0n) is 18.6. The van der Waals surface area contributed by atoms with Gasteiger partial charge in [0.05, 0.1) is 12.9 Å². The predicted molar refractivity (Wildman–Crippen MR) is 119 cm³/mol. The van der Waals surface area contributed by atoms with E-state index in [0.717, 1.165) is 0 Å². The first-order valence-corrected chi connectivity index (χ1v) is 12.0. The van der Waals surface area contributed by atoms with Gasteiger partial charge in [-0.3, -0.25) is 0 Å². The highest BCUT2D eigenvalue weighted by atomic mass is 32.2. The summed E-state index contributed by atoms with van der Waals surface area (Å²) in [4.78, 5) is 1.86. The van der Waals surface area contributed by atoms with Gasteiger partial charge in [0.1, 0.15) is 11.4 Å². The monoisotopic (exact) mass is 468 g/mol. The highest BCUT2D eigenvalue weighted by Crippen LogP contribution is 2.44. The molecule has 1 heterocycles. The summed E-state index contributed by atoms with van der Waals surface area (Å²) in [6.07, 6.45) is 0.108. The lowest BCUT2D eigenvalue weighted by molar-refractivity contribution is -0.245. The van der Waals surface area contributed by atoms with E-state index >= 15 is 0 Å². The van der Waals surface area contributed by atoms with Crippen molar-refractivity contribution in [1.29, 1.82) is 0 Å². The molecule has 0 N–H and O–H groups in total. The second kappa shape index (κ2) is 10.2. The molecule has 3 rings (SSSR count). The van der Waals surface area contributed by atoms with Gasteiger partial charge < -0.3 is 14.4 Å². The second-order valence-corrected chi connectivity index (χ2v) is 10.3. The van der Waals surface area contributed by atoms with E-state index < -0.39 is 28.2 Å². The van der Waals surface area contributed by atoms with Crippen LogP contribution in [0.5, 0.6) is 5.75 Å². The minimum absolute atomic E-state index is 0.0806. The fraction of sp³-hybridized carbons (Fsp3) is 0.478. The van der Waals surface area contributed by atoms with Crippen molar-refractivity contribution in [1.82, 2.24) is 9.21 Å². The molecular formula is C23H30F2N2O4S. The molecule has 2 unspecified atom stereocenters. The molecule has 0 aliphatic carbocycles. The minimum Gasteiger partial charge on any atom is -0.497 e. The number of ether oxygens (including phenoxy) is 2. The normalized spacial score (nSPS) is 22.4. The highest BCUT2D eigenvalue weighted by molar-refractivity contribution is 7.88. The molecule has 1 aliphatic rings. The van der Waals surface area contributed by atoms with Gasteiger partial charge in [-0.05, 0) is 43.8 Å². The first-order valence-electron chi connectivity index (χ1n) is 10.4. The summed E-state index contributed by atoms with van der Waals surface area (Å²) >= 11 is 0. The average molecular weight is 469 g/mol. The summed E-state index contributed by atoms with van der Waals surface area (Å²) < 4.78 is 65.7. The van der Waals surface area contributed by atoms with Crippen LogP contribution in [0.1, 0.15) is 17.5 Å². The third-order valence-corrected chi connectivity index (χ3v) is 7.66. The average Bonchev–Trinajstić information content (AvgIpc) is 2.74. The number of piperidine rings is 1. The number of alkyl halides is 2. The zero-order valence-corrected chi connectivity index (χ0v) is 19.4. The van der Waals surface area contributed by atoms with Crippen molar-refractivity contribution < 1.29 is 26.7 Å². The van der Waals surface area contributed by atoms with Crippen molar-refractivity contribution in [2.75, 3.05) is 40.8 Å². The Kier molecular flexibility index (Phi) is 7.87. The first-order chi connectivity index (χ1) is 15.2. The molecule has 2 aromatic rings. The Morgan fingerprint density at radius 2 is 1.88 bits per heavy atom. The molecule has 0 amide bonds. The number of rotatable bonds is 9. The van der Waals surface area contributed by atoms with Crippen molar-refractivity contribution in [2.45, 2.75) is 24.4 Å². The Bertz CT molecular complexity index is 989. The lowest BCUT2D eigenvalue weighted by Crippen LogP contribution is -2.56. The SMILES string of the molecule is COc1cccc(C2(OC(F)F)CCN(S(=O)(=O)Cc3ccccc3)CC2CN(C)C)c1. The standard InChI is InChI=1S/C23H30F2N2O4S/c1-26(2)15-20-16-27(32(28,29)17-18-8-5-4-6-9-18)13-12-23(20,31-22(24)25)19-10-7-11-21(14-19)30-3/h4-11,14,20,22H,12-13,15-17H2,1-3H3. The summed E-state index contributed by atoms with van der Waals surface area (Å²) in [5.74, 6) is -0.120. The van der Waals surface area contributed by atoms with E-state index in [-0.39, 0.29) is 25.3 Å². The number of nitrogens with zero attached hydrogens (tertiary/aromatic N) is 2. The lowest BCUT2D eigenvalue weighted by Gasteiger charge is -2.48. The van der Waals surface area contributed by atoms with Crippen molar-refractivity contribution in [3.05, 3.63) is 65.7 Å². The molecule has 0 spiro atoms. The van der Waals surface area contributed by atoms with Crippen molar-refractivity contribution in [2.24, 2.45) is 5.92 Å². The third-order valence-electron chi connectivity index (χ3n) is 5.84. The number of halogens is 2. The van der Waals surface area contributed by atoms with Gasteiger partial charge in [0, 0.05) is 25.6 Å². The van der Waals surface area contributed by atoms with Gasteiger partial charge in [0.15, 0.2) is 0 Å². The largest absolute Gasteiger partial charge is 0.497 e. The summed E-state index contributed by atoms with van der Waals surface area (Å²) in [6, 6.07) is 15.8. The number of benzene rings is 2. The third kappa shape index (κ3) is 5.64. The predicted octanol–water partition coefficient (Wildman–Crippen LogP) is 3.54. The number of hydrogen-bond donors (Lipinski definition) is 0. The van der Waals surface area contributed by atoms with Crippen LogP contribution in [0.15, 0.2) is 54.6 Å². The van der Waals surface area contributed by atoms with Crippen molar-refractivity contribution in [3.8, 4) is 5.75 Å². The lowest BCUT2D eigenvalue weighted by atomic mass is 9.76. The van der Waals surface area contributed by atoms with Gasteiger partial charge in [-0.2, -0.15) is 8.78 Å². The van der Waals surface area contributed by atoms with E-state index in [0.29, 0.717) is 23.4 Å². The number of hydrogen-bond acceptors (Lipinski definition) is 5. The summed E-state index contributed by atoms with van der Waals surface area (Å²) in [5.41, 5.74) is -0.0969. The molecule has 1 aliphatic heterocycles. The van der Waals surface area contributed by atoms with E-state index in [4.69, 9.17) is 9.47 Å². The Labute approximate surface area is 188 Å². The van der Waals surface area contributed by atoms with Gasteiger partial charge in [-0.15, -0.1) is 0 Å². The van der Waals surface area contributed by atoms with Crippen molar-refractivity contribution in [3.63, 3.8) is 0 Å². The number of sulfonamides is 1. The van der Waals surface area contributed by atoms with Crippen LogP contribution < -0.4 is 4.74 Å². The molecule has 0 saturated carbocycles. The maximum atomic E-state index is 13.7. The molecule has 2 atom stereocenters. The summed E-state index contributed by atoms with van der Waals surface area (Å²) in [7, 11) is 1.54. The van der Waals surface area contributed by atoms with Crippen molar-refractivity contribution >= 4 is 10.0 Å². The zero-order chi connectivity index (χ0) is 23.4. The van der Waals surface area contributed by atoms with Crippen LogP contribution in [-0.2, 0) is 26.1 Å². The van der Waals surface area contributed by atoms with Crippen LogP contribution in [0.4, 0.5) is 8.78 Å². The molecule has 9 heteroatoms. The van der Waals surface area contributed by atoms with E-state index in [2.05, 4.69) is 0 Å². The molecule has 0 radical (unpaired) electrons. The molecular weight excluding hydrogens is 438 g/mol. The van der Waals surface area contributed by atoms with E-state index in [1.807, 2.05) is 25.1 Å². The molecule has 6 nitrogen and oxygen atoms in total. The van der Waals surface area contributed by atoms with Crippen LogP contribution in [0.2, 0.25) is 0 Å². The summed E-state index contributed by atoms with van der Waals surface area (Å²) in [6.45, 7) is -2.46. The minimum atomic E-state index is -3.63. The number of methoxy groups -OCH3 is 1. The van der Waals surface area contributed by atoms with Crippen LogP contribution >= 0.6 is 0 Å². The molecule has 0 aromatic heterocycles.